The number of hydrogen-bond acceptors (Lipinski definition) is 16. The largest absolute Gasteiger partial charge is 0.494 e. The zero-order valence-electron chi connectivity index (χ0n) is 48.2. The molecule has 3 saturated heterocycles. The van der Waals surface area contributed by atoms with Gasteiger partial charge in [0.1, 0.15) is 39.3 Å². The van der Waals surface area contributed by atoms with Crippen LogP contribution in [0, 0.1) is 13.8 Å². The molecule has 2 aromatic carbocycles. The Kier molecular flexibility index (Phi) is 25.2. The summed E-state index contributed by atoms with van der Waals surface area (Å²) < 4.78 is 23.9. The predicted molar refractivity (Wildman–Crippen MR) is 303 cm³/mol. The summed E-state index contributed by atoms with van der Waals surface area (Å²) in [5.41, 5.74) is 8.71. The molecule has 0 bridgehead atoms. The maximum Gasteiger partial charge on any atom is 0.494 e. The highest BCUT2D eigenvalue weighted by Crippen LogP contribution is 2.38. The van der Waals surface area contributed by atoms with E-state index >= 15 is 0 Å². The van der Waals surface area contributed by atoms with Crippen LogP contribution >= 0.6 is 34.8 Å². The number of likely N-dealkylation sites (tertiary alicyclic amines) is 2. The SMILES string of the molecule is CCc1cc(-c2cc(Cl)ncn2)cc(N(CC)C2CCN(C(=O)OC(C)(C)C)C2)c1C.CCc1cc(B2OC(C)(C)C(C)(C)O2)cc(N(CC)C2CCN(C(=O)OC(C)(C)C)C2)c1C.Clc1cc(Cl)ncn1.O=C=O.O=C=O. The highest BCUT2D eigenvalue weighted by Gasteiger charge is 2.52. The van der Waals surface area contributed by atoms with Crippen LogP contribution in [0.1, 0.15) is 132 Å². The second-order valence-electron chi connectivity index (χ2n) is 21.8. The van der Waals surface area contributed by atoms with Gasteiger partial charge in [-0.1, -0.05) is 54.7 Å². The molecule has 4 aromatic rings. The van der Waals surface area contributed by atoms with E-state index in [9.17, 15) is 9.59 Å². The van der Waals surface area contributed by atoms with Crippen LogP contribution in [-0.4, -0.2) is 135 Å². The van der Waals surface area contributed by atoms with Crippen LogP contribution in [0.4, 0.5) is 21.0 Å². The number of carbonyl (C=O) groups is 2. The number of ether oxygens (including phenoxy) is 2. The molecule has 2 atom stereocenters. The number of likely N-dealkylation sites (N-methyl/N-ethyl adjacent to an activating group) is 2. The summed E-state index contributed by atoms with van der Waals surface area (Å²) in [4.78, 5) is 81.8. The van der Waals surface area contributed by atoms with E-state index in [2.05, 4.69) is 123 Å². The number of aryl methyl sites for hydroxylation is 2. The molecule has 2 aromatic heterocycles. The van der Waals surface area contributed by atoms with Gasteiger partial charge in [0.2, 0.25) is 0 Å². The minimum Gasteiger partial charge on any atom is -0.444 e. The first-order valence-electron chi connectivity index (χ1n) is 26.1. The molecule has 0 saturated carbocycles. The molecule has 78 heavy (non-hydrogen) atoms. The molecule has 0 spiro atoms. The Morgan fingerprint density at radius 2 is 1.03 bits per heavy atom. The molecule has 3 fully saturated rings. The molecule has 18 nitrogen and oxygen atoms in total. The third-order valence-electron chi connectivity index (χ3n) is 13.6. The van der Waals surface area contributed by atoms with Crippen LogP contribution in [0.2, 0.25) is 15.5 Å². The van der Waals surface area contributed by atoms with Crippen molar-refractivity contribution in [1.82, 2.24) is 29.7 Å². The van der Waals surface area contributed by atoms with Crippen molar-refractivity contribution in [2.45, 2.75) is 171 Å². The van der Waals surface area contributed by atoms with Crippen molar-refractivity contribution in [3.8, 4) is 11.3 Å². The summed E-state index contributed by atoms with van der Waals surface area (Å²) in [6.07, 6.45) is 6.56. The van der Waals surface area contributed by atoms with Crippen molar-refractivity contribution < 1.29 is 47.5 Å². The van der Waals surface area contributed by atoms with Crippen LogP contribution in [0.15, 0.2) is 49.1 Å². The van der Waals surface area contributed by atoms with Gasteiger partial charge in [-0.15, -0.1) is 0 Å². The predicted octanol–water partition coefficient (Wildman–Crippen LogP) is 10.8. The molecule has 5 heterocycles. The van der Waals surface area contributed by atoms with Crippen molar-refractivity contribution in [2.24, 2.45) is 0 Å². The summed E-state index contributed by atoms with van der Waals surface area (Å²) in [7, 11) is -0.389. The number of aromatic nitrogens is 4. The van der Waals surface area contributed by atoms with Gasteiger partial charge in [0.15, 0.2) is 0 Å². The molecule has 0 aliphatic carbocycles. The average Bonchev–Trinajstić information content (AvgIpc) is 4.10. The van der Waals surface area contributed by atoms with E-state index in [4.69, 9.17) is 72.8 Å². The van der Waals surface area contributed by atoms with Gasteiger partial charge in [-0.05, 0) is 169 Å². The first-order chi connectivity index (χ1) is 36.4. The van der Waals surface area contributed by atoms with Gasteiger partial charge in [0, 0.05) is 80.4 Å². The average molecular weight is 1140 g/mol. The van der Waals surface area contributed by atoms with Crippen LogP contribution < -0.4 is 15.3 Å². The van der Waals surface area contributed by atoms with Gasteiger partial charge < -0.3 is 38.4 Å². The van der Waals surface area contributed by atoms with E-state index in [1.807, 2.05) is 51.3 Å². The maximum absolute atomic E-state index is 12.6. The van der Waals surface area contributed by atoms with Gasteiger partial charge >= 0.3 is 31.6 Å². The van der Waals surface area contributed by atoms with E-state index in [0.29, 0.717) is 41.6 Å². The van der Waals surface area contributed by atoms with Crippen molar-refractivity contribution in [2.75, 3.05) is 49.1 Å². The molecule has 2 amide bonds. The van der Waals surface area contributed by atoms with Crippen LogP contribution in [0.5, 0.6) is 0 Å². The number of rotatable bonds is 10. The Morgan fingerprint density at radius 1 is 0.641 bits per heavy atom. The summed E-state index contributed by atoms with van der Waals surface area (Å²) in [5, 5.41) is 1.16. The lowest BCUT2D eigenvalue weighted by molar-refractivity contribution is -0.193. The number of nitrogens with zero attached hydrogens (tertiary/aromatic N) is 8. The monoisotopic (exact) mass is 1140 g/mol. The summed E-state index contributed by atoms with van der Waals surface area (Å²) >= 11 is 16.9. The van der Waals surface area contributed by atoms with Gasteiger partial charge in [-0.25, -0.2) is 29.5 Å². The minimum atomic E-state index is -0.487. The van der Waals surface area contributed by atoms with Crippen molar-refractivity contribution in [3.63, 3.8) is 0 Å². The molecule has 3 aliphatic heterocycles. The molecule has 0 radical (unpaired) electrons. The Balaban J connectivity index is 0.000000330. The van der Waals surface area contributed by atoms with E-state index in [1.54, 1.807) is 6.07 Å². The molecule has 7 rings (SSSR count). The van der Waals surface area contributed by atoms with Gasteiger partial charge in [-0.2, -0.15) is 19.2 Å². The molecule has 3 aliphatic rings. The zero-order chi connectivity index (χ0) is 58.9. The molecule has 2 unspecified atom stereocenters. The fourth-order valence-corrected chi connectivity index (χ4v) is 9.66. The Morgan fingerprint density at radius 3 is 1.38 bits per heavy atom. The van der Waals surface area contributed by atoms with Crippen LogP contribution in [0.25, 0.3) is 11.3 Å². The van der Waals surface area contributed by atoms with Crippen LogP contribution in [-0.2, 0) is 50.8 Å². The lowest BCUT2D eigenvalue weighted by Crippen LogP contribution is -2.42. The molecule has 426 valence electrons. The lowest BCUT2D eigenvalue weighted by Gasteiger charge is -2.33. The number of amides is 2. The molecule has 22 heteroatoms. The fourth-order valence-electron chi connectivity index (χ4n) is 9.16. The van der Waals surface area contributed by atoms with Gasteiger partial charge in [0.05, 0.1) is 16.9 Å². The molecular weight excluding hydrogens is 1060 g/mol. The maximum atomic E-state index is 12.6. The number of anilines is 2. The number of halogens is 3. The van der Waals surface area contributed by atoms with E-state index in [0.717, 1.165) is 55.5 Å². The van der Waals surface area contributed by atoms with Crippen molar-refractivity contribution in [3.05, 3.63) is 86.8 Å². The van der Waals surface area contributed by atoms with Crippen molar-refractivity contribution in [1.29, 1.82) is 0 Å². The Hall–Kier alpha value is -5.65. The highest BCUT2D eigenvalue weighted by atomic mass is 35.5. The summed E-state index contributed by atoms with van der Waals surface area (Å²) in [6.45, 7) is 37.3. The third kappa shape index (κ3) is 19.0. The first kappa shape index (κ1) is 66.6. The van der Waals surface area contributed by atoms with Crippen molar-refractivity contribution >= 4 is 83.2 Å². The summed E-state index contributed by atoms with van der Waals surface area (Å²) in [5.74, 6) is 0. The first-order valence-corrected chi connectivity index (χ1v) is 27.3. The standard InChI is InChI=1S/C26H43BN2O4.C24H33ClN4O2.C4H2Cl2N2.2CO2/c1-11-19-15-20(27-32-25(7,8)26(9,10)33-27)16-22(18(19)3)29(12-2)21-13-14-28(17-21)23(30)31-24(4,5)6;1-7-17-11-18(20-13-22(25)27-15-26-20)12-21(16(17)3)29(8-2)19-9-10-28(14-19)23(30)31-24(4,5)6;5-3-1-4(6)8-2-7-3;2*2-1-3/h15-16,21H,11-14,17H2,1-10H3;11-13,15,19H,7-10,14H2,1-6H3;1-2H;;. The van der Waals surface area contributed by atoms with E-state index in [-0.39, 0.29) is 54.9 Å². The quantitative estimate of drug-likeness (QED) is 0.107. The summed E-state index contributed by atoms with van der Waals surface area (Å²) in [6, 6.07) is 12.6. The minimum absolute atomic E-state index is 0.224. The zero-order valence-corrected chi connectivity index (χ0v) is 50.5. The molecular formula is C56H78BCl3N8O10. The third-order valence-corrected chi connectivity index (χ3v) is 14.2. The second kappa shape index (κ2) is 29.5. The van der Waals surface area contributed by atoms with E-state index in [1.165, 1.54) is 52.3 Å². The number of carbonyl (C=O) groups excluding carboxylic acids is 6. The molecule has 0 N–H and O–H groups in total. The normalized spacial score (nSPS) is 17.0. The Bertz CT molecular complexity index is 2660. The van der Waals surface area contributed by atoms with E-state index < -0.39 is 11.2 Å². The lowest BCUT2D eigenvalue weighted by atomic mass is 9.76. The second-order valence-corrected chi connectivity index (χ2v) is 22.9. The smallest absolute Gasteiger partial charge is 0.444 e. The van der Waals surface area contributed by atoms with Crippen LogP contribution in [0.3, 0.4) is 0 Å². The highest BCUT2D eigenvalue weighted by molar-refractivity contribution is 6.62. The fraction of sp³-hybridized carbons (Fsp3) is 0.571. The number of benzene rings is 2. The Labute approximate surface area is 476 Å². The number of hydrogen-bond donors (Lipinski definition) is 0. The van der Waals surface area contributed by atoms with Gasteiger partial charge in [-0.3, -0.25) is 0 Å². The van der Waals surface area contributed by atoms with Gasteiger partial charge in [0.25, 0.3) is 0 Å². The topological polar surface area (TPSA) is 204 Å².